The Kier molecular flexibility index (Phi) is 5.92. The van der Waals surface area contributed by atoms with Crippen LogP contribution in [0, 0.1) is 18.3 Å². The molecular weight excluding hydrogens is 408 g/mol. The van der Waals surface area contributed by atoms with E-state index in [2.05, 4.69) is 56.2 Å². The number of nitrogens with two attached hydrogens (primary N) is 1. The Bertz CT molecular complexity index is 947. The lowest BCUT2D eigenvalue weighted by Crippen LogP contribution is -2.06. The molecule has 0 spiro atoms. The Balaban J connectivity index is 1.83. The van der Waals surface area contributed by atoms with Crippen molar-refractivity contribution in [2.24, 2.45) is 0 Å². The molecule has 0 aliphatic rings. The molecule has 4 nitrogen and oxygen atoms in total. The zero-order chi connectivity index (χ0) is 18.5. The minimum atomic E-state index is 0.239. The normalized spacial score (nSPS) is 10.5. The summed E-state index contributed by atoms with van der Waals surface area (Å²) in [7, 11) is 0. The predicted octanol–water partition coefficient (Wildman–Crippen LogP) is 4.88. The third-order valence-electron chi connectivity index (χ3n) is 3.88. The van der Waals surface area contributed by atoms with Crippen molar-refractivity contribution in [3.05, 3.63) is 81.0 Å². The lowest BCUT2D eigenvalue weighted by molar-refractivity contribution is 0.901. The molecule has 26 heavy (non-hydrogen) atoms. The average molecular weight is 425 g/mol. The molecule has 0 aliphatic heterocycles. The van der Waals surface area contributed by atoms with E-state index in [0.717, 1.165) is 15.8 Å². The molecule has 3 aromatic rings. The van der Waals surface area contributed by atoms with Gasteiger partial charge < -0.3 is 5.73 Å². The smallest absolute Gasteiger partial charge is 0.190 e. The van der Waals surface area contributed by atoms with Crippen molar-refractivity contribution < 1.29 is 0 Å². The van der Waals surface area contributed by atoms with E-state index in [1.807, 2.05) is 31.2 Å². The molecule has 0 saturated carbocycles. The van der Waals surface area contributed by atoms with Crippen molar-refractivity contribution in [2.75, 3.05) is 5.73 Å². The van der Waals surface area contributed by atoms with Crippen LogP contribution in [0.1, 0.15) is 27.9 Å². The SMILES string of the molecule is Cc1ccc(Cc2nc(SCc3ccc(Br)cc3)nc(N)c2C#N)cc1. The van der Waals surface area contributed by atoms with Crippen LogP contribution in [-0.2, 0) is 12.2 Å². The molecule has 0 unspecified atom stereocenters. The van der Waals surface area contributed by atoms with Crippen molar-refractivity contribution in [1.29, 1.82) is 5.26 Å². The predicted molar refractivity (Wildman–Crippen MR) is 109 cm³/mol. The van der Waals surface area contributed by atoms with Gasteiger partial charge in [0.15, 0.2) is 5.16 Å². The summed E-state index contributed by atoms with van der Waals surface area (Å²) in [5, 5.41) is 10.0. The second-order valence-corrected chi connectivity index (χ2v) is 7.76. The Labute approximate surface area is 165 Å². The number of thioether (sulfide) groups is 1. The summed E-state index contributed by atoms with van der Waals surface area (Å²) in [5.74, 6) is 0.977. The number of nitriles is 1. The molecule has 1 heterocycles. The van der Waals surface area contributed by atoms with Gasteiger partial charge in [0.2, 0.25) is 0 Å². The maximum atomic E-state index is 9.42. The van der Waals surface area contributed by atoms with Gasteiger partial charge in [0.1, 0.15) is 17.5 Å². The second-order valence-electron chi connectivity index (χ2n) is 5.90. The highest BCUT2D eigenvalue weighted by atomic mass is 79.9. The summed E-state index contributed by atoms with van der Waals surface area (Å²) in [6.45, 7) is 2.05. The number of nitrogen functional groups attached to an aromatic ring is 1. The summed E-state index contributed by atoms with van der Waals surface area (Å²) >= 11 is 4.95. The van der Waals surface area contributed by atoms with E-state index in [9.17, 15) is 5.26 Å². The Morgan fingerprint density at radius 3 is 2.35 bits per heavy atom. The summed E-state index contributed by atoms with van der Waals surface area (Å²) in [4.78, 5) is 8.89. The average Bonchev–Trinajstić information content (AvgIpc) is 2.63. The van der Waals surface area contributed by atoms with E-state index in [1.165, 1.54) is 22.9 Å². The quantitative estimate of drug-likeness (QED) is 0.466. The molecule has 0 bridgehead atoms. The number of aromatic nitrogens is 2. The van der Waals surface area contributed by atoms with Gasteiger partial charge in [0, 0.05) is 16.6 Å². The van der Waals surface area contributed by atoms with Crippen molar-refractivity contribution in [3.63, 3.8) is 0 Å². The van der Waals surface area contributed by atoms with Crippen LogP contribution in [0.25, 0.3) is 0 Å². The fourth-order valence-corrected chi connectivity index (χ4v) is 3.54. The zero-order valence-electron chi connectivity index (χ0n) is 14.2. The van der Waals surface area contributed by atoms with Gasteiger partial charge in [0.25, 0.3) is 0 Å². The van der Waals surface area contributed by atoms with Gasteiger partial charge in [0.05, 0.1) is 5.69 Å². The summed E-state index contributed by atoms with van der Waals surface area (Å²) in [5.41, 5.74) is 10.5. The number of anilines is 1. The fraction of sp³-hybridized carbons (Fsp3) is 0.150. The monoisotopic (exact) mass is 424 g/mol. The largest absolute Gasteiger partial charge is 0.382 e. The van der Waals surface area contributed by atoms with Crippen molar-refractivity contribution in [3.8, 4) is 6.07 Å². The highest BCUT2D eigenvalue weighted by Gasteiger charge is 2.13. The molecule has 0 fully saturated rings. The minimum Gasteiger partial charge on any atom is -0.382 e. The number of halogens is 1. The summed E-state index contributed by atoms with van der Waals surface area (Å²) < 4.78 is 1.05. The molecule has 0 aliphatic carbocycles. The van der Waals surface area contributed by atoms with Crippen LogP contribution in [0.3, 0.4) is 0 Å². The summed E-state index contributed by atoms with van der Waals surface area (Å²) in [6.07, 6.45) is 0.557. The van der Waals surface area contributed by atoms with Crippen LogP contribution in [0.5, 0.6) is 0 Å². The first-order valence-corrected chi connectivity index (χ1v) is 9.82. The minimum absolute atomic E-state index is 0.239. The van der Waals surface area contributed by atoms with Gasteiger partial charge in [-0.15, -0.1) is 0 Å². The lowest BCUT2D eigenvalue weighted by Gasteiger charge is -2.09. The van der Waals surface area contributed by atoms with Crippen LogP contribution >= 0.6 is 27.7 Å². The van der Waals surface area contributed by atoms with Gasteiger partial charge in [-0.2, -0.15) is 5.26 Å². The number of aryl methyl sites for hydroxylation is 1. The molecule has 1 aromatic heterocycles. The lowest BCUT2D eigenvalue weighted by atomic mass is 10.0. The Hall–Kier alpha value is -2.36. The molecule has 2 N–H and O–H groups in total. The third kappa shape index (κ3) is 4.63. The van der Waals surface area contributed by atoms with Crippen molar-refractivity contribution in [2.45, 2.75) is 24.3 Å². The molecule has 0 atom stereocenters. The first kappa shape index (κ1) is 18.4. The maximum absolute atomic E-state index is 9.42. The molecule has 0 radical (unpaired) electrons. The fourth-order valence-electron chi connectivity index (χ4n) is 2.45. The van der Waals surface area contributed by atoms with Crippen LogP contribution in [0.4, 0.5) is 5.82 Å². The van der Waals surface area contributed by atoms with E-state index in [4.69, 9.17) is 5.73 Å². The third-order valence-corrected chi connectivity index (χ3v) is 5.32. The van der Waals surface area contributed by atoms with Crippen LogP contribution in [0.2, 0.25) is 0 Å². The van der Waals surface area contributed by atoms with E-state index in [-0.39, 0.29) is 5.82 Å². The standard InChI is InChI=1S/C20H17BrN4S/c1-13-2-4-14(5-3-13)10-18-17(11-22)19(23)25-20(24-18)26-12-15-6-8-16(21)9-7-15/h2-9H,10,12H2,1H3,(H2,23,24,25). The number of hydrogen-bond acceptors (Lipinski definition) is 5. The molecule has 3 rings (SSSR count). The zero-order valence-corrected chi connectivity index (χ0v) is 16.6. The number of hydrogen-bond donors (Lipinski definition) is 1. The van der Waals surface area contributed by atoms with Crippen molar-refractivity contribution >= 4 is 33.5 Å². The molecule has 6 heteroatoms. The van der Waals surface area contributed by atoms with Crippen LogP contribution in [0.15, 0.2) is 58.2 Å². The molecule has 2 aromatic carbocycles. The van der Waals surface area contributed by atoms with E-state index in [0.29, 0.717) is 22.8 Å². The van der Waals surface area contributed by atoms with E-state index >= 15 is 0 Å². The molecule has 0 amide bonds. The first-order valence-electron chi connectivity index (χ1n) is 8.04. The van der Waals surface area contributed by atoms with Gasteiger partial charge in [-0.1, -0.05) is 69.7 Å². The van der Waals surface area contributed by atoms with Gasteiger partial charge in [-0.25, -0.2) is 9.97 Å². The highest BCUT2D eigenvalue weighted by Crippen LogP contribution is 2.25. The van der Waals surface area contributed by atoms with E-state index in [1.54, 1.807) is 0 Å². The van der Waals surface area contributed by atoms with Crippen LogP contribution in [-0.4, -0.2) is 9.97 Å². The topological polar surface area (TPSA) is 75.6 Å². The second kappa shape index (κ2) is 8.35. The Morgan fingerprint density at radius 2 is 1.69 bits per heavy atom. The van der Waals surface area contributed by atoms with E-state index < -0.39 is 0 Å². The highest BCUT2D eigenvalue weighted by molar-refractivity contribution is 9.10. The van der Waals surface area contributed by atoms with Gasteiger partial charge >= 0.3 is 0 Å². The van der Waals surface area contributed by atoms with Crippen molar-refractivity contribution in [1.82, 2.24) is 9.97 Å². The molecular formula is C20H17BrN4S. The Morgan fingerprint density at radius 1 is 1.04 bits per heavy atom. The number of rotatable bonds is 5. The maximum Gasteiger partial charge on any atom is 0.190 e. The summed E-state index contributed by atoms with van der Waals surface area (Å²) in [6, 6.07) is 18.4. The first-order chi connectivity index (χ1) is 12.5. The van der Waals surface area contributed by atoms with Gasteiger partial charge in [-0.05, 0) is 30.2 Å². The molecule has 0 saturated heterocycles. The number of benzene rings is 2. The van der Waals surface area contributed by atoms with Crippen LogP contribution < -0.4 is 5.73 Å². The molecule has 130 valence electrons. The van der Waals surface area contributed by atoms with Gasteiger partial charge in [-0.3, -0.25) is 0 Å². The number of nitrogens with zero attached hydrogens (tertiary/aromatic N) is 3.